The fraction of sp³-hybridized carbons (Fsp3) is 0.417. The molecule has 19 heavy (non-hydrogen) atoms. The van der Waals surface area contributed by atoms with Gasteiger partial charge in [0.05, 0.1) is 11.5 Å². The van der Waals surface area contributed by atoms with Crippen LogP contribution in [0.5, 0.6) is 5.75 Å². The van der Waals surface area contributed by atoms with Crippen LogP contribution >= 0.6 is 0 Å². The molecule has 1 aromatic rings. The van der Waals surface area contributed by atoms with E-state index in [1.807, 2.05) is 0 Å². The standard InChI is InChI=1S/C12H14N2O5/c15-6-8-5-10(14(17)18)3-4-11(8)19-7-12(16)13-9-1-2-9/h3-5,9,15H,1-2,6-7H2,(H,13,16). The number of hydrogen-bond acceptors (Lipinski definition) is 5. The second kappa shape index (κ2) is 5.66. The number of nitro benzene ring substituents is 1. The van der Waals surface area contributed by atoms with Crippen LogP contribution in [0, 0.1) is 10.1 Å². The number of aliphatic hydroxyl groups is 1. The van der Waals surface area contributed by atoms with E-state index >= 15 is 0 Å². The number of carbonyl (C=O) groups excluding carboxylic acids is 1. The Morgan fingerprint density at radius 3 is 2.84 bits per heavy atom. The fourth-order valence-electron chi connectivity index (χ4n) is 1.58. The number of hydrogen-bond donors (Lipinski definition) is 2. The highest BCUT2D eigenvalue weighted by Gasteiger charge is 2.23. The molecule has 0 radical (unpaired) electrons. The van der Waals surface area contributed by atoms with Gasteiger partial charge in [0.15, 0.2) is 6.61 Å². The van der Waals surface area contributed by atoms with Crippen molar-refractivity contribution in [3.05, 3.63) is 33.9 Å². The summed E-state index contributed by atoms with van der Waals surface area (Å²) in [5.74, 6) is 0.0452. The van der Waals surface area contributed by atoms with Crippen molar-refractivity contribution >= 4 is 11.6 Å². The summed E-state index contributed by atoms with van der Waals surface area (Å²) < 4.78 is 5.26. The summed E-state index contributed by atoms with van der Waals surface area (Å²) in [7, 11) is 0. The Morgan fingerprint density at radius 1 is 1.53 bits per heavy atom. The van der Waals surface area contributed by atoms with Crippen LogP contribution in [0.25, 0.3) is 0 Å². The van der Waals surface area contributed by atoms with Crippen molar-refractivity contribution in [1.29, 1.82) is 0 Å². The van der Waals surface area contributed by atoms with Crippen LogP contribution in [0.2, 0.25) is 0 Å². The Hall–Kier alpha value is -2.15. The summed E-state index contributed by atoms with van der Waals surface area (Å²) >= 11 is 0. The molecule has 0 unspecified atom stereocenters. The van der Waals surface area contributed by atoms with Crippen LogP contribution in [0.4, 0.5) is 5.69 Å². The van der Waals surface area contributed by atoms with Crippen LogP contribution in [-0.2, 0) is 11.4 Å². The van der Waals surface area contributed by atoms with E-state index < -0.39 is 4.92 Å². The van der Waals surface area contributed by atoms with Gasteiger partial charge in [-0.2, -0.15) is 0 Å². The topological polar surface area (TPSA) is 102 Å². The zero-order valence-electron chi connectivity index (χ0n) is 10.2. The van der Waals surface area contributed by atoms with E-state index in [1.54, 1.807) is 0 Å². The Morgan fingerprint density at radius 2 is 2.26 bits per heavy atom. The number of carbonyl (C=O) groups is 1. The first-order valence-corrected chi connectivity index (χ1v) is 5.90. The summed E-state index contributed by atoms with van der Waals surface area (Å²) in [5.41, 5.74) is 0.159. The molecule has 1 aromatic carbocycles. The Kier molecular flexibility index (Phi) is 3.96. The lowest BCUT2D eigenvalue weighted by atomic mass is 10.2. The highest BCUT2D eigenvalue weighted by Crippen LogP contribution is 2.24. The van der Waals surface area contributed by atoms with Gasteiger partial charge in [0.2, 0.25) is 0 Å². The normalized spacial score (nSPS) is 13.9. The number of ether oxygens (including phenoxy) is 1. The minimum Gasteiger partial charge on any atom is -0.483 e. The van der Waals surface area contributed by atoms with Crippen molar-refractivity contribution in [3.63, 3.8) is 0 Å². The fourth-order valence-corrected chi connectivity index (χ4v) is 1.58. The summed E-state index contributed by atoms with van der Waals surface area (Å²) in [5, 5.41) is 22.5. The molecule has 0 spiro atoms. The van der Waals surface area contributed by atoms with E-state index in [0.29, 0.717) is 0 Å². The van der Waals surface area contributed by atoms with Gasteiger partial charge in [-0.3, -0.25) is 14.9 Å². The molecule has 0 saturated heterocycles. The zero-order chi connectivity index (χ0) is 13.8. The molecule has 7 nitrogen and oxygen atoms in total. The second-order valence-corrected chi connectivity index (χ2v) is 4.34. The highest BCUT2D eigenvalue weighted by molar-refractivity contribution is 5.78. The number of aliphatic hydroxyl groups excluding tert-OH is 1. The van der Waals surface area contributed by atoms with Crippen LogP contribution in [0.15, 0.2) is 18.2 Å². The van der Waals surface area contributed by atoms with Crippen LogP contribution in [-0.4, -0.2) is 28.6 Å². The smallest absolute Gasteiger partial charge is 0.270 e. The molecule has 0 aliphatic heterocycles. The number of amides is 1. The maximum atomic E-state index is 11.4. The highest BCUT2D eigenvalue weighted by atomic mass is 16.6. The van der Waals surface area contributed by atoms with E-state index in [4.69, 9.17) is 9.84 Å². The van der Waals surface area contributed by atoms with E-state index in [1.165, 1.54) is 18.2 Å². The van der Waals surface area contributed by atoms with Gasteiger partial charge in [-0.05, 0) is 18.9 Å². The van der Waals surface area contributed by atoms with Crippen LogP contribution in [0.3, 0.4) is 0 Å². The Labute approximate surface area is 109 Å². The van der Waals surface area contributed by atoms with Gasteiger partial charge in [0.25, 0.3) is 11.6 Å². The predicted molar refractivity (Wildman–Crippen MR) is 65.7 cm³/mol. The van der Waals surface area contributed by atoms with Gasteiger partial charge in [-0.1, -0.05) is 0 Å². The molecule has 2 rings (SSSR count). The molecule has 1 saturated carbocycles. The molecule has 1 aliphatic rings. The van der Waals surface area contributed by atoms with Crippen molar-refractivity contribution in [2.75, 3.05) is 6.61 Å². The lowest BCUT2D eigenvalue weighted by Gasteiger charge is -2.09. The Bertz CT molecular complexity index is 499. The van der Waals surface area contributed by atoms with Gasteiger partial charge in [-0.25, -0.2) is 0 Å². The summed E-state index contributed by atoms with van der Waals surface area (Å²) in [6.07, 6.45) is 1.98. The first kappa shape index (κ1) is 13.3. The molecular formula is C12H14N2O5. The third-order valence-electron chi connectivity index (χ3n) is 2.73. The lowest BCUT2D eigenvalue weighted by Crippen LogP contribution is -2.30. The molecule has 0 heterocycles. The quantitative estimate of drug-likeness (QED) is 0.584. The molecule has 0 bridgehead atoms. The Balaban J connectivity index is 1.98. The van der Waals surface area contributed by atoms with Gasteiger partial charge in [0, 0.05) is 23.7 Å². The third kappa shape index (κ3) is 3.65. The van der Waals surface area contributed by atoms with Gasteiger partial charge in [-0.15, -0.1) is 0 Å². The van der Waals surface area contributed by atoms with Crippen molar-refractivity contribution in [3.8, 4) is 5.75 Å². The number of non-ortho nitro benzene ring substituents is 1. The van der Waals surface area contributed by atoms with Gasteiger partial charge in [0.1, 0.15) is 5.75 Å². The third-order valence-corrected chi connectivity index (χ3v) is 2.73. The maximum Gasteiger partial charge on any atom is 0.270 e. The molecule has 102 valence electrons. The molecule has 2 N–H and O–H groups in total. The maximum absolute atomic E-state index is 11.4. The number of benzene rings is 1. The molecule has 1 fully saturated rings. The van der Waals surface area contributed by atoms with Crippen molar-refractivity contribution in [2.24, 2.45) is 0 Å². The molecule has 1 aliphatic carbocycles. The average molecular weight is 266 g/mol. The van der Waals surface area contributed by atoms with Crippen molar-refractivity contribution in [2.45, 2.75) is 25.5 Å². The van der Waals surface area contributed by atoms with Crippen molar-refractivity contribution in [1.82, 2.24) is 5.32 Å². The molecule has 7 heteroatoms. The van der Waals surface area contributed by atoms with E-state index in [0.717, 1.165) is 12.8 Å². The molecule has 0 aromatic heterocycles. The summed E-state index contributed by atoms with van der Waals surface area (Å²) in [6.45, 7) is -0.553. The van der Waals surface area contributed by atoms with Crippen LogP contribution < -0.4 is 10.1 Å². The first-order valence-electron chi connectivity index (χ1n) is 5.90. The van der Waals surface area contributed by atoms with E-state index in [2.05, 4.69) is 5.32 Å². The number of nitrogens with one attached hydrogen (secondary N) is 1. The number of nitrogens with zero attached hydrogens (tertiary/aromatic N) is 1. The van der Waals surface area contributed by atoms with E-state index in [-0.39, 0.29) is 42.2 Å². The second-order valence-electron chi connectivity index (χ2n) is 4.34. The summed E-state index contributed by atoms with van der Waals surface area (Å²) in [6, 6.07) is 4.14. The average Bonchev–Trinajstić information content (AvgIpc) is 3.19. The minimum atomic E-state index is -0.553. The largest absolute Gasteiger partial charge is 0.483 e. The van der Waals surface area contributed by atoms with Crippen molar-refractivity contribution < 1.29 is 19.6 Å². The zero-order valence-corrected chi connectivity index (χ0v) is 10.2. The molecular weight excluding hydrogens is 252 g/mol. The number of rotatable bonds is 6. The van der Waals surface area contributed by atoms with Gasteiger partial charge >= 0.3 is 0 Å². The minimum absolute atomic E-state index is 0.126. The van der Waals surface area contributed by atoms with Gasteiger partial charge < -0.3 is 15.2 Å². The van der Waals surface area contributed by atoms with Crippen LogP contribution in [0.1, 0.15) is 18.4 Å². The molecule has 1 amide bonds. The monoisotopic (exact) mass is 266 g/mol. The summed E-state index contributed by atoms with van der Waals surface area (Å²) in [4.78, 5) is 21.5. The first-order chi connectivity index (χ1) is 9.10. The van der Waals surface area contributed by atoms with E-state index in [9.17, 15) is 14.9 Å². The molecule has 0 atom stereocenters. The SMILES string of the molecule is O=C(COc1ccc([N+](=O)[O-])cc1CO)NC1CC1. The number of nitro groups is 1. The predicted octanol–water partition coefficient (Wildman–Crippen LogP) is 0.744. The lowest BCUT2D eigenvalue weighted by molar-refractivity contribution is -0.385.